The second-order valence-corrected chi connectivity index (χ2v) is 3.50. The highest BCUT2D eigenvalue weighted by molar-refractivity contribution is 6.06. The molecule has 0 aliphatic heterocycles. The summed E-state index contributed by atoms with van der Waals surface area (Å²) in [4.78, 5) is 32.5. The van der Waals surface area contributed by atoms with Crippen LogP contribution in [-0.2, 0) is 9.59 Å². The molecule has 1 amide bonds. The van der Waals surface area contributed by atoms with Gasteiger partial charge in [-0.3, -0.25) is 4.79 Å². The number of aliphatic carboxylic acids is 1. The Morgan fingerprint density at radius 1 is 1.11 bits per heavy atom. The van der Waals surface area contributed by atoms with Crippen molar-refractivity contribution in [2.45, 2.75) is 6.92 Å². The van der Waals surface area contributed by atoms with E-state index in [-0.39, 0.29) is 11.1 Å². The van der Waals surface area contributed by atoms with E-state index in [1.165, 1.54) is 31.2 Å². The molecular formula is C12H11NO5. The molecule has 0 saturated heterocycles. The normalized spacial score (nSPS) is 10.8. The molecule has 1 aromatic carbocycles. The average Bonchev–Trinajstić information content (AvgIpc) is 2.28. The molecule has 18 heavy (non-hydrogen) atoms. The summed E-state index contributed by atoms with van der Waals surface area (Å²) in [5.74, 6) is -2.82. The minimum Gasteiger partial charge on any atom is -0.478 e. The van der Waals surface area contributed by atoms with Crippen LogP contribution in [-0.4, -0.2) is 28.1 Å². The second-order valence-electron chi connectivity index (χ2n) is 3.50. The van der Waals surface area contributed by atoms with Crippen LogP contribution in [0.25, 0.3) is 0 Å². The van der Waals surface area contributed by atoms with Crippen LogP contribution >= 0.6 is 0 Å². The predicted octanol–water partition coefficient (Wildman–Crippen LogP) is 1.35. The van der Waals surface area contributed by atoms with Crippen molar-refractivity contribution in [3.8, 4) is 0 Å². The van der Waals surface area contributed by atoms with Crippen molar-refractivity contribution in [2.75, 3.05) is 5.32 Å². The Balaban J connectivity index is 2.76. The van der Waals surface area contributed by atoms with Crippen LogP contribution in [0.2, 0.25) is 0 Å². The van der Waals surface area contributed by atoms with Gasteiger partial charge in [-0.05, 0) is 31.2 Å². The van der Waals surface area contributed by atoms with E-state index >= 15 is 0 Å². The number of carboxylic acid groups (broad SMARTS) is 2. The van der Waals surface area contributed by atoms with Gasteiger partial charge >= 0.3 is 11.9 Å². The summed E-state index contributed by atoms with van der Waals surface area (Å²) >= 11 is 0. The third-order valence-corrected chi connectivity index (χ3v) is 2.09. The van der Waals surface area contributed by atoms with E-state index in [1.54, 1.807) is 0 Å². The molecule has 0 saturated carbocycles. The second kappa shape index (κ2) is 5.62. The summed E-state index contributed by atoms with van der Waals surface area (Å²) in [6, 6.07) is 5.53. The molecule has 1 rings (SSSR count). The average molecular weight is 249 g/mol. The van der Waals surface area contributed by atoms with Crippen molar-refractivity contribution in [1.29, 1.82) is 0 Å². The molecule has 0 radical (unpaired) electrons. The van der Waals surface area contributed by atoms with E-state index in [0.717, 1.165) is 6.08 Å². The number of nitrogens with one attached hydrogen (secondary N) is 1. The van der Waals surface area contributed by atoms with Crippen LogP contribution in [0.4, 0.5) is 5.69 Å². The van der Waals surface area contributed by atoms with Crippen molar-refractivity contribution in [3.05, 3.63) is 41.5 Å². The van der Waals surface area contributed by atoms with E-state index in [0.29, 0.717) is 5.69 Å². The maximum atomic E-state index is 11.5. The van der Waals surface area contributed by atoms with Crippen LogP contribution < -0.4 is 5.32 Å². The Morgan fingerprint density at radius 3 is 2.11 bits per heavy atom. The molecule has 0 atom stereocenters. The van der Waals surface area contributed by atoms with Gasteiger partial charge in [0, 0.05) is 17.3 Å². The number of carbonyl (C=O) groups excluding carboxylic acids is 1. The van der Waals surface area contributed by atoms with Gasteiger partial charge in [0.15, 0.2) is 0 Å². The Hall–Kier alpha value is -2.63. The topological polar surface area (TPSA) is 104 Å². The number of rotatable bonds is 4. The Labute approximate surface area is 103 Å². The standard InChI is InChI=1S/C12H11NO5/c1-7(6-10(14)15)11(16)13-9-4-2-8(3-5-9)12(17)18/h2-6H,1H3,(H,13,16)(H,14,15)(H,17,18)/b7-6+. The van der Waals surface area contributed by atoms with Gasteiger partial charge in [0.05, 0.1) is 5.56 Å². The lowest BCUT2D eigenvalue weighted by molar-refractivity contribution is -0.131. The van der Waals surface area contributed by atoms with Gasteiger partial charge in [-0.25, -0.2) is 9.59 Å². The maximum Gasteiger partial charge on any atom is 0.335 e. The smallest absolute Gasteiger partial charge is 0.335 e. The first-order valence-electron chi connectivity index (χ1n) is 4.96. The van der Waals surface area contributed by atoms with Gasteiger partial charge in [-0.15, -0.1) is 0 Å². The van der Waals surface area contributed by atoms with Gasteiger partial charge in [0.1, 0.15) is 0 Å². The number of carbonyl (C=O) groups is 3. The van der Waals surface area contributed by atoms with Crippen molar-refractivity contribution in [3.63, 3.8) is 0 Å². The molecule has 0 fully saturated rings. The molecular weight excluding hydrogens is 238 g/mol. The largest absolute Gasteiger partial charge is 0.478 e. The van der Waals surface area contributed by atoms with E-state index in [9.17, 15) is 14.4 Å². The Morgan fingerprint density at radius 2 is 1.67 bits per heavy atom. The van der Waals surface area contributed by atoms with Crippen LogP contribution in [0.3, 0.4) is 0 Å². The molecule has 94 valence electrons. The SMILES string of the molecule is C/C(=C\C(=O)O)C(=O)Nc1ccc(C(=O)O)cc1. The number of hydrogen-bond acceptors (Lipinski definition) is 3. The zero-order valence-electron chi connectivity index (χ0n) is 9.51. The zero-order chi connectivity index (χ0) is 13.7. The summed E-state index contributed by atoms with van der Waals surface area (Å²) in [6.07, 6.45) is 0.793. The van der Waals surface area contributed by atoms with Crippen molar-refractivity contribution in [2.24, 2.45) is 0 Å². The molecule has 0 aromatic heterocycles. The van der Waals surface area contributed by atoms with Gasteiger partial charge in [0.25, 0.3) is 5.91 Å². The summed E-state index contributed by atoms with van der Waals surface area (Å²) in [7, 11) is 0. The molecule has 0 spiro atoms. The monoisotopic (exact) mass is 249 g/mol. The number of aromatic carboxylic acids is 1. The molecule has 1 aromatic rings. The van der Waals surface area contributed by atoms with E-state index < -0.39 is 17.8 Å². The molecule has 3 N–H and O–H groups in total. The molecule has 0 aliphatic rings. The minimum atomic E-state index is -1.20. The number of hydrogen-bond donors (Lipinski definition) is 3. The van der Waals surface area contributed by atoms with Crippen LogP contribution in [0.5, 0.6) is 0 Å². The molecule has 6 heteroatoms. The molecule has 0 unspecified atom stereocenters. The Bertz CT molecular complexity index is 516. The molecule has 0 bridgehead atoms. The number of benzene rings is 1. The first kappa shape index (κ1) is 13.4. The van der Waals surface area contributed by atoms with E-state index in [4.69, 9.17) is 10.2 Å². The fourth-order valence-corrected chi connectivity index (χ4v) is 1.18. The number of anilines is 1. The van der Waals surface area contributed by atoms with Crippen molar-refractivity contribution in [1.82, 2.24) is 0 Å². The first-order valence-corrected chi connectivity index (χ1v) is 4.96. The number of carboxylic acids is 2. The van der Waals surface area contributed by atoms with Gasteiger partial charge in [-0.1, -0.05) is 0 Å². The molecule has 0 aliphatic carbocycles. The zero-order valence-corrected chi connectivity index (χ0v) is 9.51. The lowest BCUT2D eigenvalue weighted by Gasteiger charge is -2.05. The number of amides is 1. The predicted molar refractivity (Wildman–Crippen MR) is 63.4 cm³/mol. The van der Waals surface area contributed by atoms with Crippen LogP contribution in [0.15, 0.2) is 35.9 Å². The van der Waals surface area contributed by atoms with Crippen LogP contribution in [0.1, 0.15) is 17.3 Å². The summed E-state index contributed by atoms with van der Waals surface area (Å²) in [6.45, 7) is 1.37. The third-order valence-electron chi connectivity index (χ3n) is 2.09. The third kappa shape index (κ3) is 3.75. The highest BCUT2D eigenvalue weighted by atomic mass is 16.4. The lowest BCUT2D eigenvalue weighted by atomic mass is 10.2. The van der Waals surface area contributed by atoms with Crippen molar-refractivity contribution < 1.29 is 24.6 Å². The highest BCUT2D eigenvalue weighted by Gasteiger charge is 2.07. The summed E-state index contributed by atoms with van der Waals surface area (Å²) in [5.41, 5.74) is 0.541. The van der Waals surface area contributed by atoms with Gasteiger partial charge in [-0.2, -0.15) is 0 Å². The fourth-order valence-electron chi connectivity index (χ4n) is 1.18. The lowest BCUT2D eigenvalue weighted by Crippen LogP contribution is -2.13. The highest BCUT2D eigenvalue weighted by Crippen LogP contribution is 2.10. The Kier molecular flexibility index (Phi) is 4.20. The molecule has 0 heterocycles. The minimum absolute atomic E-state index is 0.0461. The van der Waals surface area contributed by atoms with Crippen molar-refractivity contribution >= 4 is 23.5 Å². The summed E-state index contributed by atoms with van der Waals surface area (Å²) < 4.78 is 0. The van der Waals surface area contributed by atoms with Gasteiger partial charge < -0.3 is 15.5 Å². The van der Waals surface area contributed by atoms with Gasteiger partial charge in [0.2, 0.25) is 0 Å². The van der Waals surface area contributed by atoms with Crippen LogP contribution in [0, 0.1) is 0 Å². The summed E-state index contributed by atoms with van der Waals surface area (Å²) in [5, 5.41) is 19.6. The molecule has 6 nitrogen and oxygen atoms in total. The fraction of sp³-hybridized carbons (Fsp3) is 0.0833. The maximum absolute atomic E-state index is 11.5. The van der Waals surface area contributed by atoms with E-state index in [2.05, 4.69) is 5.32 Å². The van der Waals surface area contributed by atoms with E-state index in [1.807, 2.05) is 0 Å². The quantitative estimate of drug-likeness (QED) is 0.699. The first-order chi connectivity index (χ1) is 8.40.